The smallest absolute Gasteiger partial charge is 0.322 e. The van der Waals surface area contributed by atoms with Crippen LogP contribution in [0.1, 0.15) is 30.3 Å². The van der Waals surface area contributed by atoms with Crippen molar-refractivity contribution >= 4 is 23.3 Å². The molecule has 0 aliphatic carbocycles. The number of nitrogens with zero attached hydrogens (tertiary/aromatic N) is 3. The second kappa shape index (κ2) is 7.40. The molecular formula is C20H19ClN4O2. The molecule has 0 unspecified atom stereocenters. The van der Waals surface area contributed by atoms with Gasteiger partial charge in [-0.1, -0.05) is 46.6 Å². The summed E-state index contributed by atoms with van der Waals surface area (Å²) in [7, 11) is 0. The molecule has 27 heavy (non-hydrogen) atoms. The summed E-state index contributed by atoms with van der Waals surface area (Å²) >= 11 is 5.99. The Labute approximate surface area is 162 Å². The number of likely N-dealkylation sites (tertiary alicyclic amines) is 1. The molecule has 1 aromatic heterocycles. The molecule has 1 saturated heterocycles. The van der Waals surface area contributed by atoms with Crippen molar-refractivity contribution < 1.29 is 9.32 Å². The molecule has 6 nitrogen and oxygen atoms in total. The predicted octanol–water partition coefficient (Wildman–Crippen LogP) is 5.07. The summed E-state index contributed by atoms with van der Waals surface area (Å²) in [4.78, 5) is 19.0. The number of aryl methyl sites for hydroxylation is 1. The zero-order valence-corrected chi connectivity index (χ0v) is 15.6. The quantitative estimate of drug-likeness (QED) is 0.686. The summed E-state index contributed by atoms with van der Waals surface area (Å²) in [6, 6.07) is 14.6. The molecule has 1 N–H and O–H groups in total. The molecule has 1 atom stereocenters. The Kier molecular flexibility index (Phi) is 4.81. The van der Waals surface area contributed by atoms with Gasteiger partial charge >= 0.3 is 6.03 Å². The fourth-order valence-corrected chi connectivity index (χ4v) is 3.49. The number of nitrogens with one attached hydrogen (secondary N) is 1. The number of amides is 2. The van der Waals surface area contributed by atoms with E-state index >= 15 is 0 Å². The van der Waals surface area contributed by atoms with Gasteiger partial charge in [0.25, 0.3) is 0 Å². The van der Waals surface area contributed by atoms with Crippen molar-refractivity contribution in [3.8, 4) is 11.4 Å². The number of hydrogen-bond acceptors (Lipinski definition) is 4. The largest absolute Gasteiger partial charge is 0.337 e. The summed E-state index contributed by atoms with van der Waals surface area (Å²) in [6.07, 6.45) is 1.67. The Morgan fingerprint density at radius 2 is 2.11 bits per heavy atom. The molecule has 7 heteroatoms. The van der Waals surface area contributed by atoms with Crippen LogP contribution in [0.25, 0.3) is 11.4 Å². The van der Waals surface area contributed by atoms with E-state index in [-0.39, 0.29) is 12.1 Å². The number of aromatic nitrogens is 2. The van der Waals surface area contributed by atoms with Gasteiger partial charge in [0.2, 0.25) is 11.7 Å². The number of hydrogen-bond donors (Lipinski definition) is 1. The number of anilines is 1. The highest BCUT2D eigenvalue weighted by Crippen LogP contribution is 2.32. The molecule has 0 bridgehead atoms. The van der Waals surface area contributed by atoms with E-state index in [0.29, 0.717) is 29.0 Å². The lowest BCUT2D eigenvalue weighted by Crippen LogP contribution is -2.34. The molecule has 4 rings (SSSR count). The summed E-state index contributed by atoms with van der Waals surface area (Å²) in [6.45, 7) is 2.66. The first-order valence-electron chi connectivity index (χ1n) is 8.84. The minimum atomic E-state index is -0.227. The Bertz CT molecular complexity index is 972. The van der Waals surface area contributed by atoms with E-state index in [1.165, 1.54) is 0 Å². The van der Waals surface area contributed by atoms with Crippen LogP contribution >= 0.6 is 11.6 Å². The van der Waals surface area contributed by atoms with Crippen molar-refractivity contribution in [2.75, 3.05) is 11.9 Å². The third kappa shape index (κ3) is 3.80. The maximum atomic E-state index is 12.7. The molecule has 138 valence electrons. The standard InChI is InChI=1S/C20H19ClN4O2/c1-13-5-2-6-14(11-13)18-23-19(27-24-18)17-9-4-10-25(17)20(26)22-16-8-3-7-15(21)12-16/h2-3,5-8,11-12,17H,4,9-10H2,1H3,(H,22,26)/t17-/m0/s1. The fourth-order valence-electron chi connectivity index (χ4n) is 3.30. The fraction of sp³-hybridized carbons (Fsp3) is 0.250. The highest BCUT2D eigenvalue weighted by Gasteiger charge is 2.34. The van der Waals surface area contributed by atoms with Gasteiger partial charge in [-0.15, -0.1) is 0 Å². The SMILES string of the molecule is Cc1cccc(-c2noc([C@@H]3CCCN3C(=O)Nc3cccc(Cl)c3)n2)c1. The summed E-state index contributed by atoms with van der Waals surface area (Å²) in [5.74, 6) is 1.00. The van der Waals surface area contributed by atoms with E-state index in [0.717, 1.165) is 24.0 Å². The lowest BCUT2D eigenvalue weighted by molar-refractivity contribution is 0.193. The Hall–Kier alpha value is -2.86. The van der Waals surface area contributed by atoms with E-state index in [9.17, 15) is 4.79 Å². The minimum absolute atomic E-state index is 0.199. The number of urea groups is 1. The molecule has 1 fully saturated rings. The van der Waals surface area contributed by atoms with Gasteiger partial charge < -0.3 is 14.7 Å². The van der Waals surface area contributed by atoms with Crippen LogP contribution in [0.4, 0.5) is 10.5 Å². The van der Waals surface area contributed by atoms with E-state index in [1.807, 2.05) is 31.2 Å². The molecule has 2 aromatic carbocycles. The van der Waals surface area contributed by atoms with Crippen LogP contribution in [0.3, 0.4) is 0 Å². The molecule has 0 radical (unpaired) electrons. The molecule has 1 aliphatic heterocycles. The van der Waals surface area contributed by atoms with Crippen LogP contribution in [0.2, 0.25) is 5.02 Å². The summed E-state index contributed by atoms with van der Waals surface area (Å²) < 4.78 is 5.49. The molecule has 1 aliphatic rings. The molecule has 3 aromatic rings. The lowest BCUT2D eigenvalue weighted by atomic mass is 10.1. The number of carbonyl (C=O) groups is 1. The van der Waals surface area contributed by atoms with Crippen LogP contribution < -0.4 is 5.32 Å². The van der Waals surface area contributed by atoms with Gasteiger partial charge in [-0.05, 0) is 44.0 Å². The molecule has 0 saturated carbocycles. The van der Waals surface area contributed by atoms with E-state index in [1.54, 1.807) is 29.2 Å². The number of rotatable bonds is 3. The zero-order valence-electron chi connectivity index (χ0n) is 14.9. The van der Waals surface area contributed by atoms with Gasteiger partial charge in [-0.3, -0.25) is 0 Å². The average molecular weight is 383 g/mol. The third-order valence-electron chi connectivity index (χ3n) is 4.59. The van der Waals surface area contributed by atoms with Gasteiger partial charge in [-0.25, -0.2) is 4.79 Å². The lowest BCUT2D eigenvalue weighted by Gasteiger charge is -2.22. The second-order valence-electron chi connectivity index (χ2n) is 6.62. The normalized spacial score (nSPS) is 16.5. The van der Waals surface area contributed by atoms with Crippen molar-refractivity contribution in [3.05, 3.63) is 65.0 Å². The van der Waals surface area contributed by atoms with Crippen LogP contribution in [-0.2, 0) is 0 Å². The maximum absolute atomic E-state index is 12.7. The number of halogens is 1. The van der Waals surface area contributed by atoms with Gasteiger partial charge in [0.05, 0.1) is 0 Å². The van der Waals surface area contributed by atoms with Crippen molar-refractivity contribution in [3.63, 3.8) is 0 Å². The Morgan fingerprint density at radius 1 is 1.26 bits per heavy atom. The highest BCUT2D eigenvalue weighted by atomic mass is 35.5. The van der Waals surface area contributed by atoms with Crippen molar-refractivity contribution in [1.29, 1.82) is 0 Å². The highest BCUT2D eigenvalue weighted by molar-refractivity contribution is 6.30. The van der Waals surface area contributed by atoms with E-state index < -0.39 is 0 Å². The van der Waals surface area contributed by atoms with Crippen LogP contribution in [0.15, 0.2) is 53.1 Å². The van der Waals surface area contributed by atoms with Crippen LogP contribution in [0, 0.1) is 6.92 Å². The zero-order chi connectivity index (χ0) is 18.8. The van der Waals surface area contributed by atoms with Crippen LogP contribution in [-0.4, -0.2) is 27.6 Å². The predicted molar refractivity (Wildman–Crippen MR) is 104 cm³/mol. The topological polar surface area (TPSA) is 71.3 Å². The van der Waals surface area contributed by atoms with E-state index in [2.05, 4.69) is 15.5 Å². The molecular weight excluding hydrogens is 364 g/mol. The van der Waals surface area contributed by atoms with Crippen molar-refractivity contribution in [1.82, 2.24) is 15.0 Å². The first-order chi connectivity index (χ1) is 13.1. The minimum Gasteiger partial charge on any atom is -0.337 e. The second-order valence-corrected chi connectivity index (χ2v) is 7.05. The number of carbonyl (C=O) groups excluding carboxylic acids is 1. The van der Waals surface area contributed by atoms with Crippen molar-refractivity contribution in [2.24, 2.45) is 0 Å². The molecule has 0 spiro atoms. The van der Waals surface area contributed by atoms with Crippen molar-refractivity contribution in [2.45, 2.75) is 25.8 Å². The first kappa shape index (κ1) is 17.5. The third-order valence-corrected chi connectivity index (χ3v) is 4.83. The van der Waals surface area contributed by atoms with Gasteiger partial charge in [-0.2, -0.15) is 4.98 Å². The molecule has 2 amide bonds. The Balaban J connectivity index is 1.52. The van der Waals surface area contributed by atoms with E-state index in [4.69, 9.17) is 16.1 Å². The number of benzene rings is 2. The summed E-state index contributed by atoms with van der Waals surface area (Å²) in [5, 5.41) is 7.56. The monoisotopic (exact) mass is 382 g/mol. The summed E-state index contributed by atoms with van der Waals surface area (Å²) in [5.41, 5.74) is 2.68. The average Bonchev–Trinajstić information content (AvgIpc) is 3.31. The van der Waals surface area contributed by atoms with Gasteiger partial charge in [0.15, 0.2) is 0 Å². The Morgan fingerprint density at radius 3 is 2.93 bits per heavy atom. The first-order valence-corrected chi connectivity index (χ1v) is 9.22. The van der Waals surface area contributed by atoms with Crippen LogP contribution in [0.5, 0.6) is 0 Å². The molecule has 2 heterocycles. The van der Waals surface area contributed by atoms with Gasteiger partial charge in [0.1, 0.15) is 6.04 Å². The van der Waals surface area contributed by atoms with Gasteiger partial charge in [0, 0.05) is 22.8 Å². The maximum Gasteiger partial charge on any atom is 0.322 e.